The van der Waals surface area contributed by atoms with Crippen LogP contribution in [0, 0.1) is 15.9 Å². The zero-order valence-corrected chi connectivity index (χ0v) is 17.6. The van der Waals surface area contributed by atoms with Crippen LogP contribution >= 0.6 is 11.8 Å². The highest BCUT2D eigenvalue weighted by Crippen LogP contribution is 2.41. The normalized spacial score (nSPS) is 17.5. The van der Waals surface area contributed by atoms with Gasteiger partial charge in [-0.2, -0.15) is 4.98 Å². The van der Waals surface area contributed by atoms with E-state index in [4.69, 9.17) is 0 Å². The van der Waals surface area contributed by atoms with E-state index in [9.17, 15) is 19.3 Å². The topological polar surface area (TPSA) is 103 Å². The number of benzene rings is 2. The number of carbonyl (C=O) groups excluding carboxylic acids is 1. The summed E-state index contributed by atoms with van der Waals surface area (Å²) in [6, 6.07) is 12.2. The van der Waals surface area contributed by atoms with Gasteiger partial charge in [0.25, 0.3) is 5.69 Å². The molecule has 0 saturated carbocycles. The van der Waals surface area contributed by atoms with Crippen molar-refractivity contribution in [3.8, 4) is 0 Å². The molecule has 2 heterocycles. The molecule has 1 aliphatic carbocycles. The first-order chi connectivity index (χ1) is 15.5. The van der Waals surface area contributed by atoms with Crippen molar-refractivity contribution in [2.75, 3.05) is 5.32 Å². The van der Waals surface area contributed by atoms with Crippen LogP contribution in [0.25, 0.3) is 0 Å². The molecule has 3 aromatic rings. The Labute approximate surface area is 186 Å². The van der Waals surface area contributed by atoms with Crippen LogP contribution in [-0.4, -0.2) is 25.5 Å². The number of ketones is 1. The second-order valence-electron chi connectivity index (χ2n) is 7.59. The quantitative estimate of drug-likeness (QED) is 0.342. The molecule has 0 radical (unpaired) electrons. The molecule has 0 spiro atoms. The van der Waals surface area contributed by atoms with E-state index in [1.54, 1.807) is 35.0 Å². The Morgan fingerprint density at radius 1 is 1.19 bits per heavy atom. The minimum absolute atomic E-state index is 0.0215. The number of fused-ring (bicyclic) bond motifs is 1. The summed E-state index contributed by atoms with van der Waals surface area (Å²) in [5.41, 5.74) is 2.68. The fourth-order valence-corrected chi connectivity index (χ4v) is 4.86. The maximum atomic E-state index is 14.0. The lowest BCUT2D eigenvalue weighted by Gasteiger charge is -2.32. The molecule has 0 amide bonds. The summed E-state index contributed by atoms with van der Waals surface area (Å²) in [5, 5.41) is 19.4. The van der Waals surface area contributed by atoms with Crippen LogP contribution < -0.4 is 5.32 Å². The van der Waals surface area contributed by atoms with E-state index in [0.717, 1.165) is 24.1 Å². The number of allylic oxidation sites excluding steroid dienone is 2. The summed E-state index contributed by atoms with van der Waals surface area (Å²) in [7, 11) is 0. The number of non-ortho nitro benzene ring substituents is 1. The molecule has 32 heavy (non-hydrogen) atoms. The van der Waals surface area contributed by atoms with Gasteiger partial charge in [-0.25, -0.2) is 9.07 Å². The highest BCUT2D eigenvalue weighted by Gasteiger charge is 2.37. The van der Waals surface area contributed by atoms with Crippen LogP contribution in [0.1, 0.15) is 36.4 Å². The number of nitrogens with one attached hydrogen (secondary N) is 1. The SMILES string of the molecule is O=C1CCCC2=C1C(c1ccc([N+](=O)[O-])cc1)n1nc(SCc3ccccc3F)nc1N2. The third kappa shape index (κ3) is 3.66. The fourth-order valence-electron chi connectivity index (χ4n) is 4.04. The van der Waals surface area contributed by atoms with Gasteiger partial charge in [-0.15, -0.1) is 5.10 Å². The molecular formula is C22H18FN5O3S. The summed E-state index contributed by atoms with van der Waals surface area (Å²) >= 11 is 1.30. The van der Waals surface area contributed by atoms with Crippen molar-refractivity contribution in [3.05, 3.63) is 86.9 Å². The molecule has 2 aromatic carbocycles. The Kier molecular flexibility index (Phi) is 5.22. The Balaban J connectivity index is 1.51. The van der Waals surface area contributed by atoms with Crippen molar-refractivity contribution < 1.29 is 14.1 Å². The first-order valence-corrected chi connectivity index (χ1v) is 11.1. The highest BCUT2D eigenvalue weighted by molar-refractivity contribution is 7.98. The molecule has 162 valence electrons. The van der Waals surface area contributed by atoms with E-state index in [1.807, 2.05) is 0 Å². The van der Waals surface area contributed by atoms with Crippen LogP contribution in [-0.2, 0) is 10.5 Å². The van der Waals surface area contributed by atoms with E-state index < -0.39 is 11.0 Å². The van der Waals surface area contributed by atoms with Gasteiger partial charge in [-0.3, -0.25) is 14.9 Å². The molecule has 5 rings (SSSR count). The van der Waals surface area contributed by atoms with Gasteiger partial charge in [0.2, 0.25) is 11.1 Å². The largest absolute Gasteiger partial charge is 0.328 e. The minimum Gasteiger partial charge on any atom is -0.328 e. The molecule has 1 aromatic heterocycles. The van der Waals surface area contributed by atoms with Crippen LogP contribution in [0.5, 0.6) is 0 Å². The van der Waals surface area contributed by atoms with Gasteiger partial charge in [-0.05, 0) is 42.2 Å². The Morgan fingerprint density at radius 3 is 2.72 bits per heavy atom. The number of thioether (sulfide) groups is 1. The molecule has 1 atom stereocenters. The van der Waals surface area contributed by atoms with Crippen molar-refractivity contribution in [3.63, 3.8) is 0 Å². The summed E-state index contributed by atoms with van der Waals surface area (Å²) < 4.78 is 15.6. The van der Waals surface area contributed by atoms with Gasteiger partial charge in [0.05, 0.1) is 4.92 Å². The van der Waals surface area contributed by atoms with E-state index in [0.29, 0.717) is 34.4 Å². The van der Waals surface area contributed by atoms with Crippen molar-refractivity contribution in [1.82, 2.24) is 14.8 Å². The average molecular weight is 451 g/mol. The lowest BCUT2D eigenvalue weighted by atomic mass is 9.85. The molecule has 10 heteroatoms. The second kappa shape index (κ2) is 8.19. The molecule has 0 bridgehead atoms. The standard InChI is InChI=1S/C22H18FN5O3S/c23-16-5-2-1-4-14(16)12-32-22-25-21-24-17-6-3-7-18(29)19(17)20(27(21)26-22)13-8-10-15(11-9-13)28(30)31/h1-2,4-5,8-11,20H,3,6-7,12H2,(H,24,25,26). The molecule has 0 fully saturated rings. The van der Waals surface area contributed by atoms with Crippen LogP contribution in [0.3, 0.4) is 0 Å². The number of rotatable bonds is 5. The van der Waals surface area contributed by atoms with Gasteiger partial charge in [0.15, 0.2) is 5.78 Å². The smallest absolute Gasteiger partial charge is 0.269 e. The lowest BCUT2D eigenvalue weighted by molar-refractivity contribution is -0.384. The third-order valence-electron chi connectivity index (χ3n) is 5.58. The van der Waals surface area contributed by atoms with E-state index in [-0.39, 0.29) is 17.3 Å². The number of Topliss-reactive ketones (excluding diaryl/α,β-unsaturated/α-hetero) is 1. The van der Waals surface area contributed by atoms with Crippen molar-refractivity contribution in [1.29, 1.82) is 0 Å². The molecule has 8 nitrogen and oxygen atoms in total. The van der Waals surface area contributed by atoms with Crippen molar-refractivity contribution in [2.24, 2.45) is 0 Å². The zero-order valence-electron chi connectivity index (χ0n) is 16.8. The lowest BCUT2D eigenvalue weighted by Crippen LogP contribution is -2.31. The predicted octanol–water partition coefficient (Wildman–Crippen LogP) is 4.64. The number of nitro benzene ring substituents is 1. The number of halogens is 1. The Morgan fingerprint density at radius 2 is 1.97 bits per heavy atom. The monoisotopic (exact) mass is 451 g/mol. The molecular weight excluding hydrogens is 433 g/mol. The number of hydrogen-bond acceptors (Lipinski definition) is 7. The van der Waals surface area contributed by atoms with Gasteiger partial charge in [0, 0.05) is 35.6 Å². The number of anilines is 1. The van der Waals surface area contributed by atoms with E-state index in [1.165, 1.54) is 30.0 Å². The number of nitro groups is 1. The van der Waals surface area contributed by atoms with Crippen molar-refractivity contribution in [2.45, 2.75) is 36.2 Å². The molecule has 1 aliphatic heterocycles. The molecule has 1 N–H and O–H groups in total. The summed E-state index contributed by atoms with van der Waals surface area (Å²) in [6.07, 6.45) is 1.92. The number of carbonyl (C=O) groups is 1. The summed E-state index contributed by atoms with van der Waals surface area (Å²) in [4.78, 5) is 28.0. The zero-order chi connectivity index (χ0) is 22.2. The van der Waals surface area contributed by atoms with Crippen LogP contribution in [0.15, 0.2) is 65.0 Å². The maximum Gasteiger partial charge on any atom is 0.269 e. The maximum absolute atomic E-state index is 14.0. The summed E-state index contributed by atoms with van der Waals surface area (Å²) in [6.45, 7) is 0. The van der Waals surface area contributed by atoms with Crippen LogP contribution in [0.4, 0.5) is 16.0 Å². The van der Waals surface area contributed by atoms with Gasteiger partial charge < -0.3 is 5.32 Å². The fraction of sp³-hybridized carbons (Fsp3) is 0.227. The second-order valence-corrected chi connectivity index (χ2v) is 8.53. The first kappa shape index (κ1) is 20.4. The van der Waals surface area contributed by atoms with Crippen LogP contribution in [0.2, 0.25) is 0 Å². The van der Waals surface area contributed by atoms with Crippen molar-refractivity contribution >= 4 is 29.2 Å². The Bertz CT molecular complexity index is 1250. The average Bonchev–Trinajstić information content (AvgIpc) is 3.20. The number of hydrogen-bond donors (Lipinski definition) is 1. The molecule has 0 saturated heterocycles. The third-order valence-corrected chi connectivity index (χ3v) is 6.47. The molecule has 2 aliphatic rings. The first-order valence-electron chi connectivity index (χ1n) is 10.1. The number of aromatic nitrogens is 3. The molecule has 1 unspecified atom stereocenters. The Hall–Kier alpha value is -3.53. The van der Waals surface area contributed by atoms with E-state index in [2.05, 4.69) is 15.4 Å². The van der Waals surface area contributed by atoms with Gasteiger partial charge in [0.1, 0.15) is 11.9 Å². The van der Waals surface area contributed by atoms with Gasteiger partial charge in [-0.1, -0.05) is 30.0 Å². The highest BCUT2D eigenvalue weighted by atomic mass is 32.2. The summed E-state index contributed by atoms with van der Waals surface area (Å²) in [5.74, 6) is 0.611. The predicted molar refractivity (Wildman–Crippen MR) is 117 cm³/mol. The minimum atomic E-state index is -0.523. The van der Waals surface area contributed by atoms with Gasteiger partial charge >= 0.3 is 0 Å². The number of nitrogens with zero attached hydrogens (tertiary/aromatic N) is 4. The van der Waals surface area contributed by atoms with E-state index >= 15 is 0 Å².